The molecule has 0 aromatic carbocycles. The molecule has 0 aromatic rings. The average molecular weight is 901 g/mol. The number of ether oxygens (including phenoxy) is 1. The van der Waals surface area contributed by atoms with Crippen LogP contribution in [0, 0.1) is 0 Å². The molecule has 0 fully saturated rings. The molecule has 2 unspecified atom stereocenters. The molecule has 0 rings (SSSR count). The zero-order valence-electron chi connectivity index (χ0n) is 42.8. The summed E-state index contributed by atoms with van der Waals surface area (Å²) in [6.07, 6.45) is 65.9. The second-order valence-corrected chi connectivity index (χ2v) is 19.3. The number of unbranched alkanes of at least 4 members (excludes halogenated alkanes) is 37. The van der Waals surface area contributed by atoms with Crippen molar-refractivity contribution >= 4 is 11.9 Å². The molecule has 0 aromatic heterocycles. The molecule has 6 nitrogen and oxygen atoms in total. The molecule has 0 aliphatic rings. The molecule has 6 heteroatoms. The second-order valence-electron chi connectivity index (χ2n) is 19.3. The molecular formula is C58H109NO5. The summed E-state index contributed by atoms with van der Waals surface area (Å²) >= 11 is 0. The van der Waals surface area contributed by atoms with Crippen LogP contribution in [0.4, 0.5) is 0 Å². The van der Waals surface area contributed by atoms with E-state index < -0.39 is 12.1 Å². The molecule has 0 saturated carbocycles. The third-order valence-electron chi connectivity index (χ3n) is 12.9. The van der Waals surface area contributed by atoms with Gasteiger partial charge in [-0.2, -0.15) is 0 Å². The Morgan fingerprint density at radius 2 is 0.734 bits per heavy atom. The number of aliphatic hydroxyl groups is 2. The van der Waals surface area contributed by atoms with Gasteiger partial charge >= 0.3 is 5.97 Å². The van der Waals surface area contributed by atoms with Crippen molar-refractivity contribution < 1.29 is 24.5 Å². The molecule has 376 valence electrons. The lowest BCUT2D eigenvalue weighted by Crippen LogP contribution is -2.45. The molecular weight excluding hydrogens is 791 g/mol. The highest BCUT2D eigenvalue weighted by molar-refractivity contribution is 5.76. The van der Waals surface area contributed by atoms with Gasteiger partial charge in [-0.25, -0.2) is 0 Å². The van der Waals surface area contributed by atoms with Crippen LogP contribution in [0.3, 0.4) is 0 Å². The van der Waals surface area contributed by atoms with Crippen molar-refractivity contribution in [2.75, 3.05) is 13.2 Å². The van der Waals surface area contributed by atoms with Crippen LogP contribution in [0.2, 0.25) is 0 Å². The highest BCUT2D eigenvalue weighted by Crippen LogP contribution is 2.16. The molecule has 1 amide bonds. The zero-order chi connectivity index (χ0) is 46.5. The Labute approximate surface area is 398 Å². The fraction of sp³-hybridized carbons (Fsp3) is 0.862. The largest absolute Gasteiger partial charge is 0.466 e. The molecule has 0 saturated heterocycles. The van der Waals surface area contributed by atoms with Gasteiger partial charge in [-0.3, -0.25) is 9.59 Å². The third-order valence-corrected chi connectivity index (χ3v) is 12.9. The van der Waals surface area contributed by atoms with E-state index in [1.165, 1.54) is 186 Å². The fourth-order valence-corrected chi connectivity index (χ4v) is 8.50. The summed E-state index contributed by atoms with van der Waals surface area (Å²) in [4.78, 5) is 24.5. The van der Waals surface area contributed by atoms with Crippen molar-refractivity contribution in [2.24, 2.45) is 0 Å². The summed E-state index contributed by atoms with van der Waals surface area (Å²) in [6, 6.07) is -0.650. The maximum Gasteiger partial charge on any atom is 0.305 e. The summed E-state index contributed by atoms with van der Waals surface area (Å²) in [6.45, 7) is 4.82. The summed E-state index contributed by atoms with van der Waals surface area (Å²) in [7, 11) is 0. The SMILES string of the molecule is CCCCCCC/C=C\CCCCCCCC(=O)OCCCC/C=C\CCCCCCCC(=O)NC(CO)C(O)/C=C/CCCCCCCCCCCCCCCCCCCCCC. The minimum atomic E-state index is -0.864. The number of carbonyl (C=O) groups excluding carboxylic acids is 2. The first-order valence-electron chi connectivity index (χ1n) is 28.3. The van der Waals surface area contributed by atoms with E-state index in [4.69, 9.17) is 4.74 Å². The van der Waals surface area contributed by atoms with E-state index in [1.807, 2.05) is 6.08 Å². The number of aliphatic hydroxyl groups excluding tert-OH is 2. The highest BCUT2D eigenvalue weighted by Gasteiger charge is 2.18. The molecule has 0 heterocycles. The van der Waals surface area contributed by atoms with Gasteiger partial charge in [0.25, 0.3) is 0 Å². The van der Waals surface area contributed by atoms with Gasteiger partial charge < -0.3 is 20.3 Å². The Balaban J connectivity index is 3.55. The van der Waals surface area contributed by atoms with E-state index in [1.54, 1.807) is 6.08 Å². The molecule has 0 aliphatic carbocycles. The summed E-state index contributed by atoms with van der Waals surface area (Å²) in [5, 5.41) is 23.1. The highest BCUT2D eigenvalue weighted by atomic mass is 16.5. The quantitative estimate of drug-likeness (QED) is 0.0321. The van der Waals surface area contributed by atoms with Crippen LogP contribution in [0.15, 0.2) is 36.5 Å². The first-order chi connectivity index (χ1) is 31.5. The van der Waals surface area contributed by atoms with Gasteiger partial charge in [-0.15, -0.1) is 0 Å². The van der Waals surface area contributed by atoms with Crippen molar-refractivity contribution in [3.63, 3.8) is 0 Å². The van der Waals surface area contributed by atoms with Crippen LogP contribution in [0.25, 0.3) is 0 Å². The predicted molar refractivity (Wildman–Crippen MR) is 278 cm³/mol. The monoisotopic (exact) mass is 900 g/mol. The third kappa shape index (κ3) is 49.5. The van der Waals surface area contributed by atoms with E-state index in [-0.39, 0.29) is 18.5 Å². The van der Waals surface area contributed by atoms with Crippen molar-refractivity contribution in [3.05, 3.63) is 36.5 Å². The van der Waals surface area contributed by atoms with Crippen LogP contribution in [-0.2, 0) is 14.3 Å². The van der Waals surface area contributed by atoms with E-state index >= 15 is 0 Å². The smallest absolute Gasteiger partial charge is 0.305 e. The van der Waals surface area contributed by atoms with Crippen LogP contribution >= 0.6 is 0 Å². The normalized spacial score (nSPS) is 12.9. The van der Waals surface area contributed by atoms with Gasteiger partial charge in [-0.1, -0.05) is 237 Å². The number of hydrogen-bond acceptors (Lipinski definition) is 5. The van der Waals surface area contributed by atoms with Crippen LogP contribution in [-0.4, -0.2) is 47.4 Å². The van der Waals surface area contributed by atoms with Gasteiger partial charge in [0.1, 0.15) is 0 Å². The number of nitrogens with one attached hydrogen (secondary N) is 1. The number of hydrogen-bond donors (Lipinski definition) is 3. The number of allylic oxidation sites excluding steroid dienone is 5. The lowest BCUT2D eigenvalue weighted by Gasteiger charge is -2.20. The van der Waals surface area contributed by atoms with Gasteiger partial charge in [0.15, 0.2) is 0 Å². The van der Waals surface area contributed by atoms with Gasteiger partial charge in [-0.05, 0) is 83.5 Å². The van der Waals surface area contributed by atoms with Gasteiger partial charge in [0.2, 0.25) is 5.91 Å². The summed E-state index contributed by atoms with van der Waals surface area (Å²) in [5.74, 6) is -0.137. The van der Waals surface area contributed by atoms with E-state index in [0.29, 0.717) is 19.4 Å². The maximum absolute atomic E-state index is 12.5. The van der Waals surface area contributed by atoms with Crippen LogP contribution < -0.4 is 5.32 Å². The van der Waals surface area contributed by atoms with E-state index in [9.17, 15) is 19.8 Å². The maximum atomic E-state index is 12.5. The molecule has 0 radical (unpaired) electrons. The Bertz CT molecular complexity index is 1040. The zero-order valence-corrected chi connectivity index (χ0v) is 42.8. The van der Waals surface area contributed by atoms with Crippen LogP contribution in [0.5, 0.6) is 0 Å². The first-order valence-corrected chi connectivity index (χ1v) is 28.3. The van der Waals surface area contributed by atoms with Crippen molar-refractivity contribution in [1.82, 2.24) is 5.32 Å². The fourth-order valence-electron chi connectivity index (χ4n) is 8.50. The van der Waals surface area contributed by atoms with Crippen LogP contribution in [0.1, 0.15) is 296 Å². The predicted octanol–water partition coefficient (Wildman–Crippen LogP) is 17.2. The number of rotatable bonds is 52. The molecule has 0 aliphatic heterocycles. The van der Waals surface area contributed by atoms with Gasteiger partial charge in [0, 0.05) is 12.8 Å². The molecule has 3 N–H and O–H groups in total. The summed E-state index contributed by atoms with van der Waals surface area (Å²) in [5.41, 5.74) is 0. The Morgan fingerprint density at radius 3 is 1.11 bits per heavy atom. The standard InChI is InChI=1S/C58H109NO5/c1-3-5-7-9-11-13-15-17-19-20-21-22-23-24-25-26-27-30-34-38-42-46-50-56(61)55(54-60)59-57(62)51-47-43-39-35-31-29-33-37-41-45-49-53-64-58(63)52-48-44-40-36-32-28-18-16-14-12-10-8-6-4-2/h16,18,33,37,46,50,55-56,60-61H,3-15,17,19-32,34-36,38-45,47-49,51-54H2,1-2H3,(H,59,62)/b18-16-,37-33-,50-46+. The van der Waals surface area contributed by atoms with E-state index in [0.717, 1.165) is 83.5 Å². The average Bonchev–Trinajstić information content (AvgIpc) is 3.29. The topological polar surface area (TPSA) is 95.9 Å². The molecule has 0 spiro atoms. The number of amides is 1. The number of esters is 1. The van der Waals surface area contributed by atoms with Gasteiger partial charge in [0.05, 0.1) is 25.4 Å². The van der Waals surface area contributed by atoms with Crippen molar-refractivity contribution in [1.29, 1.82) is 0 Å². The van der Waals surface area contributed by atoms with E-state index in [2.05, 4.69) is 43.5 Å². The van der Waals surface area contributed by atoms with Crippen molar-refractivity contribution in [2.45, 2.75) is 309 Å². The Morgan fingerprint density at radius 1 is 0.422 bits per heavy atom. The molecule has 2 atom stereocenters. The molecule has 0 bridgehead atoms. The Kier molecular flexibility index (Phi) is 52.1. The minimum Gasteiger partial charge on any atom is -0.466 e. The summed E-state index contributed by atoms with van der Waals surface area (Å²) < 4.78 is 5.43. The van der Waals surface area contributed by atoms with Crippen molar-refractivity contribution in [3.8, 4) is 0 Å². The lowest BCUT2D eigenvalue weighted by molar-refractivity contribution is -0.143. The molecule has 64 heavy (non-hydrogen) atoms. The first kappa shape index (κ1) is 62.1. The second kappa shape index (κ2) is 53.7. The number of carbonyl (C=O) groups is 2. The Hall–Kier alpha value is -1.92. The minimum absolute atomic E-state index is 0.0414. The lowest BCUT2D eigenvalue weighted by atomic mass is 10.0.